The van der Waals surface area contributed by atoms with Crippen molar-refractivity contribution in [1.82, 2.24) is 25.3 Å². The van der Waals surface area contributed by atoms with E-state index in [9.17, 15) is 18.0 Å². The Morgan fingerprint density at radius 3 is 2.54 bits per heavy atom. The summed E-state index contributed by atoms with van der Waals surface area (Å²) < 4.78 is 26.1. The van der Waals surface area contributed by atoms with Crippen LogP contribution in [0.25, 0.3) is 0 Å². The summed E-state index contributed by atoms with van der Waals surface area (Å²) in [6, 6.07) is 4.18. The van der Waals surface area contributed by atoms with E-state index in [4.69, 9.17) is 0 Å². The molecule has 0 aliphatic rings. The number of H-pyrrole nitrogens is 1. The van der Waals surface area contributed by atoms with Crippen molar-refractivity contribution in [3.63, 3.8) is 0 Å². The van der Waals surface area contributed by atoms with Crippen LogP contribution in [-0.2, 0) is 21.2 Å². The lowest BCUT2D eigenvalue weighted by Crippen LogP contribution is -2.49. The molecule has 26 heavy (non-hydrogen) atoms. The summed E-state index contributed by atoms with van der Waals surface area (Å²) in [6.45, 7) is 3.64. The van der Waals surface area contributed by atoms with Gasteiger partial charge in [0.05, 0.1) is 11.2 Å². The first-order valence-electron chi connectivity index (χ1n) is 7.93. The first-order chi connectivity index (χ1) is 12.3. The van der Waals surface area contributed by atoms with Crippen LogP contribution in [0.2, 0.25) is 0 Å². The van der Waals surface area contributed by atoms with Crippen LogP contribution >= 0.6 is 0 Å². The third-order valence-corrected chi connectivity index (χ3v) is 4.89. The number of nitrogens with zero attached hydrogens (tertiary/aromatic N) is 1. The third kappa shape index (κ3) is 5.59. The van der Waals surface area contributed by atoms with Gasteiger partial charge in [0.25, 0.3) is 10.0 Å². The average Bonchev–Trinajstić information content (AvgIpc) is 3.07. The average molecular weight is 379 g/mol. The molecule has 1 atom stereocenters. The second kappa shape index (κ2) is 8.48. The van der Waals surface area contributed by atoms with Crippen molar-refractivity contribution in [3.8, 4) is 0 Å². The van der Waals surface area contributed by atoms with E-state index in [-0.39, 0.29) is 4.90 Å². The number of sulfonamides is 1. The summed E-state index contributed by atoms with van der Waals surface area (Å²) in [5.41, 5.74) is 1.77. The summed E-state index contributed by atoms with van der Waals surface area (Å²) in [6.07, 6.45) is 3.75. The molecular weight excluding hydrogens is 358 g/mol. The minimum atomic E-state index is -4.00. The van der Waals surface area contributed by atoms with Crippen molar-refractivity contribution in [1.29, 1.82) is 0 Å². The Morgan fingerprint density at radius 2 is 1.92 bits per heavy atom. The number of carbonyl (C=O) groups is 2. The first kappa shape index (κ1) is 19.4. The fourth-order valence-corrected chi connectivity index (χ4v) is 3.00. The maximum absolute atomic E-state index is 12.1. The van der Waals surface area contributed by atoms with E-state index < -0.39 is 28.0 Å². The number of carbonyl (C=O) groups excluding carboxylic acids is 2. The fourth-order valence-electron chi connectivity index (χ4n) is 2.08. The van der Waals surface area contributed by atoms with Gasteiger partial charge in [-0.1, -0.05) is 17.7 Å². The lowest BCUT2D eigenvalue weighted by molar-refractivity contribution is -0.122. The van der Waals surface area contributed by atoms with Gasteiger partial charge < -0.3 is 15.6 Å². The van der Waals surface area contributed by atoms with Gasteiger partial charge in [0, 0.05) is 24.9 Å². The molecule has 0 saturated heterocycles. The van der Waals surface area contributed by atoms with Gasteiger partial charge in [-0.15, -0.1) is 0 Å². The smallest absolute Gasteiger partial charge is 0.329 e. The molecule has 0 aliphatic carbocycles. The molecule has 140 valence electrons. The molecule has 0 spiro atoms. The zero-order chi connectivity index (χ0) is 19.2. The standard InChI is InChI=1S/C16H21N5O4S/c1-11-3-5-14(6-4-11)26(24,25)21-16(23)20-12(2)15(22)18-8-7-13-9-17-10-19-13/h3-6,9-10,12H,7-8H2,1-2H3,(H,17,19)(H,18,22)(H2,20,21,23)/t12-/m0/s1. The summed E-state index contributed by atoms with van der Waals surface area (Å²) in [5, 5.41) is 4.95. The Balaban J connectivity index is 1.81. The Morgan fingerprint density at radius 1 is 1.23 bits per heavy atom. The summed E-state index contributed by atoms with van der Waals surface area (Å²) in [4.78, 5) is 30.6. The van der Waals surface area contributed by atoms with Crippen molar-refractivity contribution in [2.75, 3.05) is 6.54 Å². The SMILES string of the molecule is Cc1ccc(S(=O)(=O)NC(=O)N[C@@H](C)C(=O)NCCc2cnc[nH]2)cc1. The lowest BCUT2D eigenvalue weighted by Gasteiger charge is -2.15. The molecule has 1 aromatic carbocycles. The number of imidazole rings is 1. The predicted molar refractivity (Wildman–Crippen MR) is 94.8 cm³/mol. The Kier molecular flexibility index (Phi) is 6.34. The van der Waals surface area contributed by atoms with Gasteiger partial charge in [-0.25, -0.2) is 22.9 Å². The minimum absolute atomic E-state index is 0.0325. The molecule has 10 heteroatoms. The van der Waals surface area contributed by atoms with Gasteiger partial charge in [-0.05, 0) is 26.0 Å². The van der Waals surface area contributed by atoms with Crippen molar-refractivity contribution in [2.45, 2.75) is 31.2 Å². The topological polar surface area (TPSA) is 133 Å². The Hall–Kier alpha value is -2.88. The predicted octanol–water partition coefficient (Wildman–Crippen LogP) is 0.453. The minimum Gasteiger partial charge on any atom is -0.354 e. The molecule has 0 saturated carbocycles. The zero-order valence-corrected chi connectivity index (χ0v) is 15.3. The molecule has 0 unspecified atom stereocenters. The molecule has 0 aliphatic heterocycles. The van der Waals surface area contributed by atoms with E-state index in [2.05, 4.69) is 20.6 Å². The number of benzene rings is 1. The number of rotatable bonds is 7. The van der Waals surface area contributed by atoms with Gasteiger partial charge in [0.2, 0.25) is 5.91 Å². The monoisotopic (exact) mass is 379 g/mol. The van der Waals surface area contributed by atoms with Crippen LogP contribution in [0.5, 0.6) is 0 Å². The molecule has 1 aromatic heterocycles. The molecule has 2 rings (SSSR count). The van der Waals surface area contributed by atoms with E-state index in [1.54, 1.807) is 24.7 Å². The number of nitrogens with one attached hydrogen (secondary N) is 4. The van der Waals surface area contributed by atoms with E-state index in [1.807, 2.05) is 11.6 Å². The number of aryl methyl sites for hydroxylation is 1. The number of aromatic amines is 1. The molecular formula is C16H21N5O4S. The highest BCUT2D eigenvalue weighted by Crippen LogP contribution is 2.09. The van der Waals surface area contributed by atoms with E-state index in [1.165, 1.54) is 19.1 Å². The number of urea groups is 1. The summed E-state index contributed by atoms with van der Waals surface area (Å²) >= 11 is 0. The number of amides is 3. The summed E-state index contributed by atoms with van der Waals surface area (Å²) in [5.74, 6) is -0.424. The highest BCUT2D eigenvalue weighted by atomic mass is 32.2. The number of hydrogen-bond acceptors (Lipinski definition) is 5. The molecule has 9 nitrogen and oxygen atoms in total. The normalized spacial score (nSPS) is 12.2. The van der Waals surface area contributed by atoms with Gasteiger partial charge in [-0.2, -0.15) is 0 Å². The maximum Gasteiger partial charge on any atom is 0.329 e. The van der Waals surface area contributed by atoms with Crippen LogP contribution in [0.4, 0.5) is 4.79 Å². The van der Waals surface area contributed by atoms with Gasteiger partial charge in [0.15, 0.2) is 0 Å². The van der Waals surface area contributed by atoms with Crippen LogP contribution in [0.3, 0.4) is 0 Å². The molecule has 3 amide bonds. The highest BCUT2D eigenvalue weighted by Gasteiger charge is 2.21. The van der Waals surface area contributed by atoms with E-state index >= 15 is 0 Å². The number of aromatic nitrogens is 2. The molecule has 4 N–H and O–H groups in total. The second-order valence-electron chi connectivity index (χ2n) is 5.73. The van der Waals surface area contributed by atoms with Gasteiger partial charge >= 0.3 is 6.03 Å². The Bertz CT molecular complexity index is 847. The number of hydrogen-bond donors (Lipinski definition) is 4. The van der Waals surface area contributed by atoms with Crippen LogP contribution < -0.4 is 15.4 Å². The third-order valence-electron chi connectivity index (χ3n) is 3.55. The van der Waals surface area contributed by atoms with Crippen molar-refractivity contribution in [2.24, 2.45) is 0 Å². The zero-order valence-electron chi connectivity index (χ0n) is 14.4. The highest BCUT2D eigenvalue weighted by molar-refractivity contribution is 7.90. The van der Waals surface area contributed by atoms with Crippen molar-refractivity contribution < 1.29 is 18.0 Å². The van der Waals surface area contributed by atoms with Crippen LogP contribution in [0.1, 0.15) is 18.2 Å². The van der Waals surface area contributed by atoms with Crippen molar-refractivity contribution >= 4 is 22.0 Å². The molecule has 0 fully saturated rings. The second-order valence-corrected chi connectivity index (χ2v) is 7.41. The maximum atomic E-state index is 12.1. The van der Waals surface area contributed by atoms with Gasteiger partial charge in [-0.3, -0.25) is 4.79 Å². The van der Waals surface area contributed by atoms with Crippen LogP contribution in [-0.4, -0.2) is 42.9 Å². The van der Waals surface area contributed by atoms with Gasteiger partial charge in [0.1, 0.15) is 6.04 Å². The molecule has 0 radical (unpaired) electrons. The quantitative estimate of drug-likeness (QED) is 0.554. The van der Waals surface area contributed by atoms with Crippen LogP contribution in [0.15, 0.2) is 41.7 Å². The largest absolute Gasteiger partial charge is 0.354 e. The van der Waals surface area contributed by atoms with Crippen LogP contribution in [0, 0.1) is 6.92 Å². The van der Waals surface area contributed by atoms with E-state index in [0.717, 1.165) is 11.3 Å². The summed E-state index contributed by atoms with van der Waals surface area (Å²) in [7, 11) is -4.00. The molecule has 0 bridgehead atoms. The molecule has 2 aromatic rings. The fraction of sp³-hybridized carbons (Fsp3) is 0.312. The van der Waals surface area contributed by atoms with E-state index in [0.29, 0.717) is 13.0 Å². The molecule has 1 heterocycles. The lowest BCUT2D eigenvalue weighted by atomic mass is 10.2. The van der Waals surface area contributed by atoms with Crippen molar-refractivity contribution in [3.05, 3.63) is 48.0 Å². The first-order valence-corrected chi connectivity index (χ1v) is 9.41. The Labute approximate surface area is 151 Å².